The zero-order valence-electron chi connectivity index (χ0n) is 14.9. The van der Waals surface area contributed by atoms with E-state index in [-0.39, 0.29) is 18.4 Å². The highest BCUT2D eigenvalue weighted by Crippen LogP contribution is 2.16. The van der Waals surface area contributed by atoms with Crippen LogP contribution in [0, 0.1) is 0 Å². The number of ether oxygens (including phenoxy) is 2. The lowest BCUT2D eigenvalue weighted by Crippen LogP contribution is -2.25. The number of methoxy groups -OCH3 is 1. The molecule has 0 radical (unpaired) electrons. The standard InChI is InChI=1S/C19H21N3O4/c1-13(15-5-4-6-16(11-15)20-14(2)23)21-22-19(24)12-26-18-9-7-17(25-3)8-10-18/h4-11H,12H2,1-3H3,(H,20,23)(H,22,24)/b21-13-. The van der Waals surface area contributed by atoms with Crippen molar-refractivity contribution in [2.75, 3.05) is 19.0 Å². The Kier molecular flexibility index (Phi) is 6.73. The van der Waals surface area contributed by atoms with E-state index in [4.69, 9.17) is 9.47 Å². The Balaban J connectivity index is 1.89. The summed E-state index contributed by atoms with van der Waals surface area (Å²) in [5.41, 5.74) is 4.50. The predicted octanol–water partition coefficient (Wildman–Crippen LogP) is 2.57. The number of carbonyl (C=O) groups is 2. The van der Waals surface area contributed by atoms with Crippen LogP contribution in [0.15, 0.2) is 53.6 Å². The highest BCUT2D eigenvalue weighted by Gasteiger charge is 2.04. The molecule has 0 fully saturated rings. The van der Waals surface area contributed by atoms with Crippen molar-refractivity contribution in [1.82, 2.24) is 5.43 Å². The Labute approximate surface area is 152 Å². The molecule has 0 aromatic heterocycles. The number of rotatable bonds is 7. The first-order valence-electron chi connectivity index (χ1n) is 7.96. The van der Waals surface area contributed by atoms with Gasteiger partial charge in [0, 0.05) is 12.6 Å². The second kappa shape index (κ2) is 9.22. The zero-order chi connectivity index (χ0) is 18.9. The van der Waals surface area contributed by atoms with Gasteiger partial charge in [0.05, 0.1) is 12.8 Å². The summed E-state index contributed by atoms with van der Waals surface area (Å²) in [5.74, 6) is 0.743. The molecule has 0 saturated heterocycles. The summed E-state index contributed by atoms with van der Waals surface area (Å²) in [6.07, 6.45) is 0. The van der Waals surface area contributed by atoms with Crippen molar-refractivity contribution in [2.24, 2.45) is 5.10 Å². The smallest absolute Gasteiger partial charge is 0.277 e. The molecule has 7 heteroatoms. The van der Waals surface area contributed by atoms with E-state index in [9.17, 15) is 9.59 Å². The van der Waals surface area contributed by atoms with Crippen LogP contribution in [0.1, 0.15) is 19.4 Å². The van der Waals surface area contributed by atoms with E-state index in [1.807, 2.05) is 6.07 Å². The van der Waals surface area contributed by atoms with Crippen LogP contribution < -0.4 is 20.2 Å². The lowest BCUT2D eigenvalue weighted by Gasteiger charge is -2.07. The Morgan fingerprint density at radius 3 is 2.38 bits per heavy atom. The summed E-state index contributed by atoms with van der Waals surface area (Å²) < 4.78 is 10.4. The maximum atomic E-state index is 11.9. The summed E-state index contributed by atoms with van der Waals surface area (Å²) in [6, 6.07) is 14.1. The van der Waals surface area contributed by atoms with Gasteiger partial charge in [-0.3, -0.25) is 9.59 Å². The number of hydrogen-bond acceptors (Lipinski definition) is 5. The van der Waals surface area contributed by atoms with E-state index in [0.717, 1.165) is 5.56 Å². The number of benzene rings is 2. The van der Waals surface area contributed by atoms with Crippen molar-refractivity contribution in [3.8, 4) is 11.5 Å². The molecule has 2 aromatic rings. The third-order valence-corrected chi connectivity index (χ3v) is 3.38. The van der Waals surface area contributed by atoms with Crippen LogP contribution in [0.2, 0.25) is 0 Å². The van der Waals surface area contributed by atoms with Crippen LogP contribution in [-0.4, -0.2) is 31.2 Å². The van der Waals surface area contributed by atoms with Crippen LogP contribution >= 0.6 is 0 Å². The van der Waals surface area contributed by atoms with Gasteiger partial charge >= 0.3 is 0 Å². The SMILES string of the molecule is COc1ccc(OCC(=O)N/N=C(/C)c2cccc(NC(C)=O)c2)cc1. The summed E-state index contributed by atoms with van der Waals surface area (Å²) >= 11 is 0. The molecule has 136 valence electrons. The Hall–Kier alpha value is -3.35. The van der Waals surface area contributed by atoms with Gasteiger partial charge in [0.25, 0.3) is 5.91 Å². The molecule has 0 unspecified atom stereocenters. The minimum atomic E-state index is -0.377. The fourth-order valence-corrected chi connectivity index (χ4v) is 2.09. The van der Waals surface area contributed by atoms with Gasteiger partial charge in [-0.1, -0.05) is 12.1 Å². The molecule has 7 nitrogen and oxygen atoms in total. The van der Waals surface area contributed by atoms with Crippen LogP contribution in [0.25, 0.3) is 0 Å². The van der Waals surface area contributed by atoms with Gasteiger partial charge in [0.15, 0.2) is 6.61 Å². The van der Waals surface area contributed by atoms with E-state index < -0.39 is 0 Å². The van der Waals surface area contributed by atoms with Gasteiger partial charge in [-0.15, -0.1) is 0 Å². The molecule has 2 rings (SSSR count). The maximum Gasteiger partial charge on any atom is 0.277 e. The third kappa shape index (κ3) is 5.94. The lowest BCUT2D eigenvalue weighted by molar-refractivity contribution is -0.123. The fraction of sp³-hybridized carbons (Fsp3) is 0.211. The van der Waals surface area contributed by atoms with Crippen molar-refractivity contribution >= 4 is 23.2 Å². The number of nitrogens with one attached hydrogen (secondary N) is 2. The summed E-state index contributed by atoms with van der Waals surface area (Å²) in [6.45, 7) is 3.04. The van der Waals surface area contributed by atoms with E-state index in [1.165, 1.54) is 6.92 Å². The van der Waals surface area contributed by atoms with Gasteiger partial charge < -0.3 is 14.8 Å². The van der Waals surface area contributed by atoms with E-state index >= 15 is 0 Å². The second-order valence-corrected chi connectivity index (χ2v) is 5.46. The van der Waals surface area contributed by atoms with Crippen molar-refractivity contribution in [2.45, 2.75) is 13.8 Å². The highest BCUT2D eigenvalue weighted by atomic mass is 16.5. The first kappa shape index (κ1) is 19.0. The molecule has 0 spiro atoms. The average molecular weight is 355 g/mol. The molecule has 2 N–H and O–H groups in total. The van der Waals surface area contributed by atoms with Crippen LogP contribution in [0.4, 0.5) is 5.69 Å². The Morgan fingerprint density at radius 2 is 1.73 bits per heavy atom. The van der Waals surface area contributed by atoms with Crippen molar-refractivity contribution in [1.29, 1.82) is 0 Å². The zero-order valence-corrected chi connectivity index (χ0v) is 14.9. The molecule has 0 aliphatic carbocycles. The summed E-state index contributed by atoms with van der Waals surface area (Å²) in [7, 11) is 1.58. The number of amides is 2. The molecule has 0 heterocycles. The van der Waals surface area contributed by atoms with Gasteiger partial charge in [-0.2, -0.15) is 5.10 Å². The lowest BCUT2D eigenvalue weighted by atomic mass is 10.1. The van der Waals surface area contributed by atoms with Crippen molar-refractivity contribution in [3.05, 3.63) is 54.1 Å². The Bertz CT molecular complexity index is 801. The normalized spacial score (nSPS) is 10.8. The van der Waals surface area contributed by atoms with E-state index in [1.54, 1.807) is 56.5 Å². The number of anilines is 1. The molecule has 0 aliphatic heterocycles. The quantitative estimate of drug-likeness (QED) is 0.590. The fourth-order valence-electron chi connectivity index (χ4n) is 2.09. The third-order valence-electron chi connectivity index (χ3n) is 3.38. The number of hydrazone groups is 1. The van der Waals surface area contributed by atoms with Crippen LogP contribution in [0.5, 0.6) is 11.5 Å². The maximum absolute atomic E-state index is 11.9. The number of hydrogen-bond donors (Lipinski definition) is 2. The topological polar surface area (TPSA) is 89.0 Å². The average Bonchev–Trinajstić information content (AvgIpc) is 2.64. The number of carbonyl (C=O) groups excluding carboxylic acids is 2. The van der Waals surface area contributed by atoms with E-state index in [0.29, 0.717) is 22.9 Å². The molecule has 0 bridgehead atoms. The molecular weight excluding hydrogens is 334 g/mol. The van der Waals surface area contributed by atoms with Crippen molar-refractivity contribution < 1.29 is 19.1 Å². The molecule has 0 aliphatic rings. The second-order valence-electron chi connectivity index (χ2n) is 5.46. The minimum Gasteiger partial charge on any atom is -0.497 e. The minimum absolute atomic E-state index is 0.152. The molecule has 2 amide bonds. The first-order chi connectivity index (χ1) is 12.5. The van der Waals surface area contributed by atoms with Gasteiger partial charge in [-0.25, -0.2) is 5.43 Å². The molecule has 2 aromatic carbocycles. The van der Waals surface area contributed by atoms with Gasteiger partial charge in [0.1, 0.15) is 11.5 Å². The van der Waals surface area contributed by atoms with E-state index in [2.05, 4.69) is 15.8 Å². The molecule has 0 saturated carbocycles. The first-order valence-corrected chi connectivity index (χ1v) is 7.96. The molecule has 0 atom stereocenters. The predicted molar refractivity (Wildman–Crippen MR) is 99.6 cm³/mol. The van der Waals surface area contributed by atoms with Crippen LogP contribution in [0.3, 0.4) is 0 Å². The Morgan fingerprint density at radius 1 is 1.04 bits per heavy atom. The van der Waals surface area contributed by atoms with Crippen LogP contribution in [-0.2, 0) is 9.59 Å². The summed E-state index contributed by atoms with van der Waals surface area (Å²) in [4.78, 5) is 23.0. The monoisotopic (exact) mass is 355 g/mol. The van der Waals surface area contributed by atoms with Gasteiger partial charge in [-0.05, 0) is 48.9 Å². The molecular formula is C19H21N3O4. The highest BCUT2D eigenvalue weighted by molar-refractivity contribution is 6.00. The van der Waals surface area contributed by atoms with Crippen molar-refractivity contribution in [3.63, 3.8) is 0 Å². The number of nitrogens with zero attached hydrogens (tertiary/aromatic N) is 1. The summed E-state index contributed by atoms with van der Waals surface area (Å²) in [5, 5.41) is 6.76. The largest absolute Gasteiger partial charge is 0.497 e. The molecule has 26 heavy (non-hydrogen) atoms. The van der Waals surface area contributed by atoms with Gasteiger partial charge in [0.2, 0.25) is 5.91 Å².